The fraction of sp³-hybridized carbons (Fsp3) is 0.250. The Morgan fingerprint density at radius 2 is 1.80 bits per heavy atom. The van der Waals surface area contributed by atoms with E-state index in [0.29, 0.717) is 18.9 Å². The number of primary sulfonamides is 1. The molecule has 0 saturated heterocycles. The number of nitrogens with one attached hydrogen (secondary N) is 1. The predicted molar refractivity (Wildman–Crippen MR) is 86.0 cm³/mol. The number of anilines is 1. The quantitative estimate of drug-likeness (QED) is 0.598. The van der Waals surface area contributed by atoms with Gasteiger partial charge < -0.3 is 5.32 Å². The van der Waals surface area contributed by atoms with Crippen LogP contribution in [0.4, 0.5) is 23.2 Å². The van der Waals surface area contributed by atoms with Gasteiger partial charge in [0.05, 0.1) is 10.5 Å². The molecule has 3 N–H and O–H groups in total. The van der Waals surface area contributed by atoms with E-state index < -0.39 is 26.7 Å². The van der Waals surface area contributed by atoms with Gasteiger partial charge in [0.25, 0.3) is 0 Å². The zero-order valence-corrected chi connectivity index (χ0v) is 13.8. The molecule has 0 heterocycles. The van der Waals surface area contributed by atoms with Crippen LogP contribution >= 0.6 is 0 Å². The molecule has 0 unspecified atom stereocenters. The summed E-state index contributed by atoms with van der Waals surface area (Å²) >= 11 is 0. The molecule has 0 aliphatic carbocycles. The Bertz CT molecular complexity index is 851. The first-order chi connectivity index (χ1) is 11.6. The molecular weight excluding hydrogens is 360 g/mol. The Morgan fingerprint density at radius 3 is 2.40 bits per heavy atom. The van der Waals surface area contributed by atoms with Crippen molar-refractivity contribution in [2.24, 2.45) is 5.14 Å². The van der Waals surface area contributed by atoms with Crippen LogP contribution in [0.15, 0.2) is 47.4 Å². The van der Waals surface area contributed by atoms with E-state index in [9.17, 15) is 26.0 Å². The molecule has 0 aliphatic rings. The first-order valence-corrected chi connectivity index (χ1v) is 8.84. The Morgan fingerprint density at radius 1 is 1.08 bits per heavy atom. The van der Waals surface area contributed by atoms with Gasteiger partial charge >= 0.3 is 6.18 Å². The average molecular weight is 376 g/mol. The summed E-state index contributed by atoms with van der Waals surface area (Å²) in [5.41, 5.74) is -0.605. The predicted octanol–water partition coefficient (Wildman–Crippen LogP) is 3.54. The van der Waals surface area contributed by atoms with Crippen LogP contribution in [0.3, 0.4) is 0 Å². The lowest BCUT2D eigenvalue weighted by atomic mass is 10.1. The van der Waals surface area contributed by atoms with E-state index in [2.05, 4.69) is 5.32 Å². The Kier molecular flexibility index (Phi) is 5.69. The maximum absolute atomic E-state index is 13.1. The van der Waals surface area contributed by atoms with Crippen LogP contribution in [0.25, 0.3) is 0 Å². The third kappa shape index (κ3) is 5.43. The van der Waals surface area contributed by atoms with Crippen molar-refractivity contribution in [3.63, 3.8) is 0 Å². The first-order valence-electron chi connectivity index (χ1n) is 7.30. The van der Waals surface area contributed by atoms with Crippen molar-refractivity contribution < 1.29 is 26.0 Å². The number of aryl methyl sites for hydroxylation is 1. The Balaban J connectivity index is 2.08. The fourth-order valence-corrected chi connectivity index (χ4v) is 2.84. The molecule has 25 heavy (non-hydrogen) atoms. The number of alkyl halides is 3. The molecule has 0 saturated carbocycles. The molecule has 136 valence electrons. The van der Waals surface area contributed by atoms with Gasteiger partial charge in [-0.2, -0.15) is 13.2 Å². The number of hydrogen-bond donors (Lipinski definition) is 2. The van der Waals surface area contributed by atoms with Crippen LogP contribution < -0.4 is 10.5 Å². The van der Waals surface area contributed by atoms with Crippen molar-refractivity contribution in [3.8, 4) is 0 Å². The van der Waals surface area contributed by atoms with Gasteiger partial charge in [-0.05, 0) is 48.7 Å². The summed E-state index contributed by atoms with van der Waals surface area (Å²) in [6, 6.07) is 8.51. The minimum absolute atomic E-state index is 0.203. The molecule has 0 amide bonds. The largest absolute Gasteiger partial charge is 0.418 e. The second-order valence-electron chi connectivity index (χ2n) is 5.41. The number of sulfonamides is 1. The molecule has 0 bridgehead atoms. The van der Waals surface area contributed by atoms with Crippen LogP contribution in [0.2, 0.25) is 0 Å². The minimum atomic E-state index is -4.73. The number of halogens is 4. The van der Waals surface area contributed by atoms with E-state index in [1.165, 1.54) is 12.1 Å². The smallest absolute Gasteiger partial charge is 0.385 e. The summed E-state index contributed by atoms with van der Waals surface area (Å²) in [4.78, 5) is -0.606. The van der Waals surface area contributed by atoms with Crippen molar-refractivity contribution in [1.29, 1.82) is 0 Å². The van der Waals surface area contributed by atoms with Gasteiger partial charge in [-0.3, -0.25) is 0 Å². The van der Waals surface area contributed by atoms with E-state index in [0.717, 1.165) is 17.7 Å². The maximum Gasteiger partial charge on any atom is 0.418 e. The maximum atomic E-state index is 13.1. The molecule has 2 rings (SSSR count). The van der Waals surface area contributed by atoms with Crippen LogP contribution in [0, 0.1) is 5.82 Å². The molecule has 0 fully saturated rings. The molecule has 4 nitrogen and oxygen atoms in total. The molecule has 2 aromatic carbocycles. The second-order valence-corrected chi connectivity index (χ2v) is 6.97. The first kappa shape index (κ1) is 19.2. The second kappa shape index (κ2) is 7.40. The molecule has 0 radical (unpaired) electrons. The molecular formula is C16H16F4N2O2S. The summed E-state index contributed by atoms with van der Waals surface area (Å²) in [5.74, 6) is -0.372. The summed E-state index contributed by atoms with van der Waals surface area (Å²) in [7, 11) is -4.23. The number of benzene rings is 2. The molecule has 0 aromatic heterocycles. The summed E-state index contributed by atoms with van der Waals surface area (Å²) in [5, 5.41) is 7.51. The third-order valence-electron chi connectivity index (χ3n) is 3.47. The monoisotopic (exact) mass is 376 g/mol. The van der Waals surface area contributed by atoms with E-state index in [1.807, 2.05) is 0 Å². The van der Waals surface area contributed by atoms with Gasteiger partial charge in [0, 0.05) is 12.2 Å². The zero-order chi connectivity index (χ0) is 18.7. The van der Waals surface area contributed by atoms with Crippen LogP contribution in [0.5, 0.6) is 0 Å². The number of hydrogen-bond acceptors (Lipinski definition) is 3. The Hall–Kier alpha value is -2.13. The van der Waals surface area contributed by atoms with Gasteiger partial charge in [0.15, 0.2) is 0 Å². The SMILES string of the molecule is NS(=O)(=O)c1ccc(NCCCc2cccc(F)c2)c(C(F)(F)F)c1. The van der Waals surface area contributed by atoms with Crippen LogP contribution in [-0.2, 0) is 22.6 Å². The van der Waals surface area contributed by atoms with E-state index >= 15 is 0 Å². The summed E-state index contributed by atoms with van der Waals surface area (Å²) in [6.45, 7) is 0.203. The molecule has 0 aliphatic heterocycles. The van der Waals surface area contributed by atoms with Crippen molar-refractivity contribution in [2.45, 2.75) is 23.9 Å². The van der Waals surface area contributed by atoms with Gasteiger partial charge in [-0.25, -0.2) is 17.9 Å². The number of nitrogens with two attached hydrogens (primary N) is 1. The topological polar surface area (TPSA) is 72.2 Å². The molecule has 0 atom stereocenters. The fourth-order valence-electron chi connectivity index (χ4n) is 2.30. The summed E-state index contributed by atoms with van der Waals surface area (Å²) < 4.78 is 74.9. The average Bonchev–Trinajstić information content (AvgIpc) is 2.50. The highest BCUT2D eigenvalue weighted by atomic mass is 32.2. The van der Waals surface area contributed by atoms with Gasteiger partial charge in [0.2, 0.25) is 10.0 Å². The third-order valence-corrected chi connectivity index (χ3v) is 4.38. The van der Waals surface area contributed by atoms with Gasteiger partial charge in [-0.15, -0.1) is 0 Å². The normalized spacial score (nSPS) is 12.2. The van der Waals surface area contributed by atoms with Crippen LogP contribution in [0.1, 0.15) is 17.5 Å². The van der Waals surface area contributed by atoms with Crippen molar-refractivity contribution in [3.05, 3.63) is 59.4 Å². The highest BCUT2D eigenvalue weighted by molar-refractivity contribution is 7.89. The summed E-state index contributed by atoms with van der Waals surface area (Å²) in [6.07, 6.45) is -3.77. The van der Waals surface area contributed by atoms with E-state index in [-0.39, 0.29) is 18.0 Å². The zero-order valence-electron chi connectivity index (χ0n) is 13.0. The van der Waals surface area contributed by atoms with Crippen molar-refractivity contribution in [1.82, 2.24) is 0 Å². The van der Waals surface area contributed by atoms with Gasteiger partial charge in [-0.1, -0.05) is 12.1 Å². The molecule has 9 heteroatoms. The Labute approximate surface area is 142 Å². The van der Waals surface area contributed by atoms with Crippen molar-refractivity contribution >= 4 is 15.7 Å². The lowest BCUT2D eigenvalue weighted by Crippen LogP contribution is -2.16. The standard InChI is InChI=1S/C16H16F4N2O2S/c17-12-5-1-3-11(9-12)4-2-8-22-15-7-6-13(25(21,23)24)10-14(15)16(18,19)20/h1,3,5-7,9-10,22H,2,4,8H2,(H2,21,23,24). The van der Waals surface area contributed by atoms with Crippen LogP contribution in [-0.4, -0.2) is 15.0 Å². The molecule has 0 spiro atoms. The van der Waals surface area contributed by atoms with E-state index in [4.69, 9.17) is 5.14 Å². The number of rotatable bonds is 6. The molecule has 2 aromatic rings. The minimum Gasteiger partial charge on any atom is -0.385 e. The lowest BCUT2D eigenvalue weighted by molar-refractivity contribution is -0.137. The van der Waals surface area contributed by atoms with Gasteiger partial charge in [0.1, 0.15) is 5.82 Å². The highest BCUT2D eigenvalue weighted by Gasteiger charge is 2.34. The lowest BCUT2D eigenvalue weighted by Gasteiger charge is -2.15. The highest BCUT2D eigenvalue weighted by Crippen LogP contribution is 2.36. The van der Waals surface area contributed by atoms with E-state index in [1.54, 1.807) is 12.1 Å². The van der Waals surface area contributed by atoms with Crippen molar-refractivity contribution in [2.75, 3.05) is 11.9 Å².